The normalized spacial score (nSPS) is 14.5. The number of hydrogen-bond acceptors (Lipinski definition) is 4. The molecule has 0 aliphatic heterocycles. The summed E-state index contributed by atoms with van der Waals surface area (Å²) in [4.78, 5) is 20.7. The first-order valence-electron chi connectivity index (χ1n) is 8.96. The Kier molecular flexibility index (Phi) is 4.69. The number of rotatable bonds is 3. The maximum atomic E-state index is 13.5. The van der Waals surface area contributed by atoms with Crippen molar-refractivity contribution < 1.29 is 0 Å². The van der Waals surface area contributed by atoms with E-state index in [9.17, 15) is 4.79 Å². The van der Waals surface area contributed by atoms with Gasteiger partial charge in [0.1, 0.15) is 4.83 Å². The molecule has 3 nitrogen and oxygen atoms in total. The van der Waals surface area contributed by atoms with Crippen LogP contribution in [0.15, 0.2) is 34.2 Å². The Bertz CT molecular complexity index is 970. The van der Waals surface area contributed by atoms with E-state index in [2.05, 4.69) is 26.0 Å². The summed E-state index contributed by atoms with van der Waals surface area (Å²) < 4.78 is 1.81. The minimum absolute atomic E-state index is 0.101. The van der Waals surface area contributed by atoms with E-state index in [1.54, 1.807) is 23.1 Å². The molecule has 0 radical (unpaired) electrons. The van der Waals surface area contributed by atoms with Crippen molar-refractivity contribution >= 4 is 33.3 Å². The summed E-state index contributed by atoms with van der Waals surface area (Å²) in [6, 6.07) is 8.16. The van der Waals surface area contributed by atoms with Gasteiger partial charge in [-0.15, -0.1) is 11.3 Å². The standard InChI is InChI=1S/C20H22N2OS2/c1-3-24-20-21-18-17(15-7-5-4-6-8-16(15)25-18)19(23)22(20)14-11-9-13(2)10-12-14/h9-12H,3-8H2,1-2H3. The molecule has 0 fully saturated rings. The van der Waals surface area contributed by atoms with Crippen LogP contribution in [0, 0.1) is 6.92 Å². The van der Waals surface area contributed by atoms with Crippen molar-refractivity contribution in [2.45, 2.75) is 51.1 Å². The van der Waals surface area contributed by atoms with Gasteiger partial charge in [-0.1, -0.05) is 42.8 Å². The number of thiophene rings is 1. The smallest absolute Gasteiger partial charge is 0.267 e. The molecule has 0 bridgehead atoms. The highest BCUT2D eigenvalue weighted by atomic mass is 32.2. The molecule has 0 spiro atoms. The maximum Gasteiger partial charge on any atom is 0.267 e. The second kappa shape index (κ2) is 6.96. The van der Waals surface area contributed by atoms with Crippen molar-refractivity contribution in [1.82, 2.24) is 9.55 Å². The summed E-state index contributed by atoms with van der Waals surface area (Å²) in [5.74, 6) is 0.898. The molecule has 2 heterocycles. The molecule has 0 saturated carbocycles. The molecule has 5 heteroatoms. The zero-order chi connectivity index (χ0) is 17.4. The Morgan fingerprint density at radius 1 is 1.16 bits per heavy atom. The first kappa shape index (κ1) is 16.9. The monoisotopic (exact) mass is 370 g/mol. The predicted molar refractivity (Wildman–Crippen MR) is 108 cm³/mol. The highest BCUT2D eigenvalue weighted by molar-refractivity contribution is 7.99. The second-order valence-electron chi connectivity index (χ2n) is 6.55. The van der Waals surface area contributed by atoms with E-state index in [4.69, 9.17) is 4.98 Å². The predicted octanol–water partition coefficient (Wildman–Crippen LogP) is 5.14. The van der Waals surface area contributed by atoms with E-state index in [1.807, 2.05) is 16.7 Å². The number of thioether (sulfide) groups is 1. The van der Waals surface area contributed by atoms with E-state index in [-0.39, 0.29) is 5.56 Å². The first-order valence-corrected chi connectivity index (χ1v) is 10.8. The number of hydrogen-bond donors (Lipinski definition) is 0. The molecule has 0 amide bonds. The third kappa shape index (κ3) is 3.04. The summed E-state index contributed by atoms with van der Waals surface area (Å²) in [7, 11) is 0. The van der Waals surface area contributed by atoms with Crippen LogP contribution >= 0.6 is 23.1 Å². The molecule has 1 aliphatic carbocycles. The zero-order valence-electron chi connectivity index (χ0n) is 14.7. The third-order valence-electron chi connectivity index (χ3n) is 4.77. The Balaban J connectivity index is 2.01. The Labute approximate surface area is 156 Å². The van der Waals surface area contributed by atoms with Crippen LogP contribution in [0.1, 0.15) is 42.2 Å². The SMILES string of the molecule is CCSc1nc2sc3c(c2c(=O)n1-c1ccc(C)cc1)CCCCC3. The van der Waals surface area contributed by atoms with Gasteiger partial charge in [-0.25, -0.2) is 4.98 Å². The van der Waals surface area contributed by atoms with Gasteiger partial charge in [0.25, 0.3) is 5.56 Å². The molecular formula is C20H22N2OS2. The van der Waals surface area contributed by atoms with Crippen molar-refractivity contribution in [3.05, 3.63) is 50.6 Å². The van der Waals surface area contributed by atoms with Crippen LogP contribution in [0.3, 0.4) is 0 Å². The fourth-order valence-corrected chi connectivity index (χ4v) is 5.55. The van der Waals surface area contributed by atoms with Crippen molar-refractivity contribution in [3.8, 4) is 5.69 Å². The Morgan fingerprint density at radius 3 is 2.68 bits per heavy atom. The summed E-state index contributed by atoms with van der Waals surface area (Å²) in [5.41, 5.74) is 3.47. The Hall–Kier alpha value is -1.59. The van der Waals surface area contributed by atoms with E-state index in [0.29, 0.717) is 0 Å². The number of benzene rings is 1. The van der Waals surface area contributed by atoms with Crippen LogP contribution in [0.2, 0.25) is 0 Å². The van der Waals surface area contributed by atoms with Gasteiger partial charge in [0.2, 0.25) is 0 Å². The van der Waals surface area contributed by atoms with Gasteiger partial charge in [0, 0.05) is 4.88 Å². The lowest BCUT2D eigenvalue weighted by Crippen LogP contribution is -2.22. The van der Waals surface area contributed by atoms with E-state index >= 15 is 0 Å². The number of nitrogens with zero attached hydrogens (tertiary/aromatic N) is 2. The lowest BCUT2D eigenvalue weighted by molar-refractivity contribution is 0.713. The highest BCUT2D eigenvalue weighted by Crippen LogP contribution is 2.34. The van der Waals surface area contributed by atoms with Crippen LogP contribution in [0.25, 0.3) is 15.9 Å². The average Bonchev–Trinajstić information content (AvgIpc) is 2.79. The van der Waals surface area contributed by atoms with Gasteiger partial charge >= 0.3 is 0 Å². The molecule has 0 unspecified atom stereocenters. The molecule has 4 rings (SSSR count). The van der Waals surface area contributed by atoms with Crippen molar-refractivity contribution in [1.29, 1.82) is 0 Å². The van der Waals surface area contributed by atoms with E-state index in [1.165, 1.54) is 35.3 Å². The van der Waals surface area contributed by atoms with Gasteiger partial charge in [-0.3, -0.25) is 9.36 Å². The van der Waals surface area contributed by atoms with Crippen LogP contribution in [-0.4, -0.2) is 15.3 Å². The third-order valence-corrected chi connectivity index (χ3v) is 6.78. The summed E-state index contributed by atoms with van der Waals surface area (Å²) in [6.07, 6.45) is 5.76. The quantitative estimate of drug-likeness (QED) is 0.364. The fourth-order valence-electron chi connectivity index (χ4n) is 3.51. The number of fused-ring (bicyclic) bond motifs is 3. The molecule has 1 aliphatic rings. The minimum Gasteiger partial charge on any atom is -0.268 e. The summed E-state index contributed by atoms with van der Waals surface area (Å²) in [6.45, 7) is 4.17. The second-order valence-corrected chi connectivity index (χ2v) is 8.86. The van der Waals surface area contributed by atoms with E-state index in [0.717, 1.165) is 39.7 Å². The number of aryl methyl sites for hydroxylation is 3. The molecule has 25 heavy (non-hydrogen) atoms. The number of aromatic nitrogens is 2. The summed E-state index contributed by atoms with van der Waals surface area (Å²) >= 11 is 3.37. The van der Waals surface area contributed by atoms with Gasteiger partial charge in [-0.05, 0) is 56.1 Å². The molecule has 130 valence electrons. The molecule has 3 aromatic rings. The molecule has 2 aromatic heterocycles. The zero-order valence-corrected chi connectivity index (χ0v) is 16.3. The van der Waals surface area contributed by atoms with Crippen molar-refractivity contribution in [2.75, 3.05) is 5.75 Å². The van der Waals surface area contributed by atoms with E-state index < -0.39 is 0 Å². The van der Waals surface area contributed by atoms with Crippen molar-refractivity contribution in [2.24, 2.45) is 0 Å². The molecule has 1 aromatic carbocycles. The van der Waals surface area contributed by atoms with Gasteiger partial charge in [0.05, 0.1) is 11.1 Å². The van der Waals surface area contributed by atoms with Crippen molar-refractivity contribution in [3.63, 3.8) is 0 Å². The van der Waals surface area contributed by atoms with Crippen LogP contribution in [0.4, 0.5) is 0 Å². The molecule has 0 saturated heterocycles. The van der Waals surface area contributed by atoms with Gasteiger partial charge in [-0.2, -0.15) is 0 Å². The first-order chi connectivity index (χ1) is 12.2. The Morgan fingerprint density at radius 2 is 1.92 bits per heavy atom. The molecular weight excluding hydrogens is 348 g/mol. The topological polar surface area (TPSA) is 34.9 Å². The molecule has 0 atom stereocenters. The lowest BCUT2D eigenvalue weighted by atomic mass is 10.1. The minimum atomic E-state index is 0.101. The lowest BCUT2D eigenvalue weighted by Gasteiger charge is -2.12. The maximum absolute atomic E-state index is 13.5. The molecule has 0 N–H and O–H groups in total. The van der Waals surface area contributed by atoms with Gasteiger partial charge in [0.15, 0.2) is 5.16 Å². The highest BCUT2D eigenvalue weighted by Gasteiger charge is 2.22. The summed E-state index contributed by atoms with van der Waals surface area (Å²) in [5, 5.41) is 1.67. The van der Waals surface area contributed by atoms with Crippen LogP contribution in [0.5, 0.6) is 0 Å². The van der Waals surface area contributed by atoms with Crippen LogP contribution < -0.4 is 5.56 Å². The fraction of sp³-hybridized carbons (Fsp3) is 0.400. The van der Waals surface area contributed by atoms with Gasteiger partial charge < -0.3 is 0 Å². The largest absolute Gasteiger partial charge is 0.268 e. The average molecular weight is 371 g/mol. The van der Waals surface area contributed by atoms with Crippen LogP contribution in [-0.2, 0) is 12.8 Å².